The third-order valence-corrected chi connectivity index (χ3v) is 4.40. The van der Waals surface area contributed by atoms with Crippen LogP contribution in [0.4, 0.5) is 18.9 Å². The Labute approximate surface area is 175 Å². The molecular weight excluding hydrogens is 425 g/mol. The standard InChI is InChI=1S/C20H18ClF3N2O4/c21-14-8-12(9-16-18(14)30-7-3-6-29-16)10-17(27)26-15-5-2-1-4-13(15)19(28)25-11-20(22,23)24/h1-2,4-5,8-9H,3,6-7,10-11H2,(H,25,28)(H,26,27). The molecule has 0 unspecified atom stereocenters. The number of carbonyl (C=O) groups excluding carboxylic acids is 2. The van der Waals surface area contributed by atoms with Crippen LogP contribution in [0.1, 0.15) is 22.3 Å². The molecule has 0 atom stereocenters. The summed E-state index contributed by atoms with van der Waals surface area (Å²) in [6.07, 6.45) is -3.92. The average Bonchev–Trinajstić information content (AvgIpc) is 2.92. The molecule has 0 spiro atoms. The number of carbonyl (C=O) groups is 2. The van der Waals surface area contributed by atoms with E-state index < -0.39 is 24.5 Å². The predicted octanol–water partition coefficient (Wildman–Crippen LogP) is 3.97. The number of anilines is 1. The van der Waals surface area contributed by atoms with Gasteiger partial charge in [-0.05, 0) is 29.8 Å². The molecule has 6 nitrogen and oxygen atoms in total. The normalized spacial score (nSPS) is 13.3. The van der Waals surface area contributed by atoms with Gasteiger partial charge in [-0.1, -0.05) is 23.7 Å². The zero-order valence-electron chi connectivity index (χ0n) is 15.6. The van der Waals surface area contributed by atoms with Gasteiger partial charge in [0.1, 0.15) is 6.54 Å². The molecule has 0 saturated heterocycles. The van der Waals surface area contributed by atoms with Crippen molar-refractivity contribution in [2.45, 2.75) is 19.0 Å². The summed E-state index contributed by atoms with van der Waals surface area (Å²) < 4.78 is 48.2. The van der Waals surface area contributed by atoms with Gasteiger partial charge < -0.3 is 20.1 Å². The van der Waals surface area contributed by atoms with Crippen LogP contribution in [0.15, 0.2) is 36.4 Å². The first kappa shape index (κ1) is 21.8. The summed E-state index contributed by atoms with van der Waals surface area (Å²) in [7, 11) is 0. The molecule has 160 valence electrons. The number of fused-ring (bicyclic) bond motifs is 1. The molecule has 1 heterocycles. The predicted molar refractivity (Wildman–Crippen MR) is 104 cm³/mol. The van der Waals surface area contributed by atoms with Crippen molar-refractivity contribution in [1.29, 1.82) is 0 Å². The molecule has 1 aliphatic heterocycles. The van der Waals surface area contributed by atoms with E-state index in [1.54, 1.807) is 23.5 Å². The van der Waals surface area contributed by atoms with Crippen molar-refractivity contribution in [3.05, 3.63) is 52.5 Å². The molecular formula is C20H18ClF3N2O4. The van der Waals surface area contributed by atoms with Gasteiger partial charge in [-0.2, -0.15) is 13.2 Å². The highest BCUT2D eigenvalue weighted by molar-refractivity contribution is 6.32. The van der Waals surface area contributed by atoms with E-state index in [1.165, 1.54) is 18.2 Å². The van der Waals surface area contributed by atoms with Crippen LogP contribution in [-0.4, -0.2) is 37.7 Å². The smallest absolute Gasteiger partial charge is 0.405 e. The van der Waals surface area contributed by atoms with E-state index in [0.29, 0.717) is 41.7 Å². The van der Waals surface area contributed by atoms with Crippen LogP contribution in [0.3, 0.4) is 0 Å². The SMILES string of the molecule is O=C(Cc1cc(Cl)c2c(c1)OCCCO2)Nc1ccccc1C(=O)NCC(F)(F)F. The van der Waals surface area contributed by atoms with E-state index in [2.05, 4.69) is 5.32 Å². The van der Waals surface area contributed by atoms with Crippen LogP contribution >= 0.6 is 11.6 Å². The van der Waals surface area contributed by atoms with Gasteiger partial charge in [0.2, 0.25) is 5.91 Å². The van der Waals surface area contributed by atoms with Crippen LogP contribution in [0, 0.1) is 0 Å². The van der Waals surface area contributed by atoms with Gasteiger partial charge in [-0.25, -0.2) is 0 Å². The molecule has 1 aliphatic rings. The maximum absolute atomic E-state index is 12.5. The van der Waals surface area contributed by atoms with Crippen molar-refractivity contribution in [2.24, 2.45) is 0 Å². The summed E-state index contributed by atoms with van der Waals surface area (Å²) in [4.78, 5) is 24.6. The van der Waals surface area contributed by atoms with Gasteiger partial charge in [-0.15, -0.1) is 0 Å². The summed E-state index contributed by atoms with van der Waals surface area (Å²) in [6, 6.07) is 9.03. The lowest BCUT2D eigenvalue weighted by Gasteiger charge is -2.14. The number of alkyl halides is 3. The van der Waals surface area contributed by atoms with Gasteiger partial charge in [0.05, 0.1) is 35.9 Å². The van der Waals surface area contributed by atoms with Crippen LogP contribution in [0.25, 0.3) is 0 Å². The van der Waals surface area contributed by atoms with Gasteiger partial charge in [-0.3, -0.25) is 9.59 Å². The van der Waals surface area contributed by atoms with Crippen molar-refractivity contribution in [1.82, 2.24) is 5.32 Å². The Hall–Kier alpha value is -2.94. The number of halogens is 4. The van der Waals surface area contributed by atoms with Crippen LogP contribution in [0.5, 0.6) is 11.5 Å². The number of hydrogen-bond donors (Lipinski definition) is 2. The van der Waals surface area contributed by atoms with Crippen molar-refractivity contribution in [2.75, 3.05) is 25.1 Å². The molecule has 3 rings (SSSR count). The topological polar surface area (TPSA) is 76.7 Å². The number of para-hydroxylation sites is 1. The lowest BCUT2D eigenvalue weighted by atomic mass is 10.1. The molecule has 0 fully saturated rings. The quantitative estimate of drug-likeness (QED) is 0.734. The molecule has 10 heteroatoms. The Morgan fingerprint density at radius 1 is 1.10 bits per heavy atom. The van der Waals surface area contributed by atoms with E-state index in [9.17, 15) is 22.8 Å². The maximum atomic E-state index is 12.5. The van der Waals surface area contributed by atoms with Gasteiger partial charge in [0.15, 0.2) is 11.5 Å². The zero-order valence-corrected chi connectivity index (χ0v) is 16.4. The van der Waals surface area contributed by atoms with E-state index >= 15 is 0 Å². The highest BCUT2D eigenvalue weighted by Gasteiger charge is 2.28. The zero-order chi connectivity index (χ0) is 21.7. The second kappa shape index (κ2) is 9.25. The van der Waals surface area contributed by atoms with Gasteiger partial charge >= 0.3 is 6.18 Å². The number of nitrogens with one attached hydrogen (secondary N) is 2. The summed E-state index contributed by atoms with van der Waals surface area (Å²) in [6.45, 7) is -0.539. The number of ether oxygens (including phenoxy) is 2. The molecule has 0 aliphatic carbocycles. The lowest BCUT2D eigenvalue weighted by Crippen LogP contribution is -2.34. The lowest BCUT2D eigenvalue weighted by molar-refractivity contribution is -0.123. The fraction of sp³-hybridized carbons (Fsp3) is 0.300. The monoisotopic (exact) mass is 442 g/mol. The molecule has 2 amide bonds. The van der Waals surface area contributed by atoms with Crippen LogP contribution in [-0.2, 0) is 11.2 Å². The first-order valence-electron chi connectivity index (χ1n) is 9.05. The maximum Gasteiger partial charge on any atom is 0.405 e. The van der Waals surface area contributed by atoms with Crippen molar-refractivity contribution in [3.63, 3.8) is 0 Å². The Balaban J connectivity index is 1.71. The van der Waals surface area contributed by atoms with Crippen molar-refractivity contribution >= 4 is 29.1 Å². The molecule has 0 radical (unpaired) electrons. The van der Waals surface area contributed by atoms with Crippen LogP contribution < -0.4 is 20.1 Å². The Morgan fingerprint density at radius 3 is 2.60 bits per heavy atom. The fourth-order valence-corrected chi connectivity index (χ4v) is 3.12. The largest absolute Gasteiger partial charge is 0.489 e. The third-order valence-electron chi connectivity index (χ3n) is 4.12. The fourth-order valence-electron chi connectivity index (χ4n) is 2.83. The summed E-state index contributed by atoms with van der Waals surface area (Å²) in [5.41, 5.74) is 0.579. The minimum Gasteiger partial charge on any atom is -0.489 e. The summed E-state index contributed by atoms with van der Waals surface area (Å²) in [5, 5.41) is 4.65. The third kappa shape index (κ3) is 5.79. The van der Waals surface area contributed by atoms with E-state index in [-0.39, 0.29) is 17.7 Å². The molecule has 2 N–H and O–H groups in total. The highest BCUT2D eigenvalue weighted by atomic mass is 35.5. The second-order valence-corrected chi connectivity index (χ2v) is 6.93. The van der Waals surface area contributed by atoms with E-state index in [4.69, 9.17) is 21.1 Å². The summed E-state index contributed by atoms with van der Waals surface area (Å²) >= 11 is 6.22. The molecule has 0 saturated carbocycles. The highest BCUT2D eigenvalue weighted by Crippen LogP contribution is 2.38. The molecule has 2 aromatic carbocycles. The minimum absolute atomic E-state index is 0.0770. The van der Waals surface area contributed by atoms with E-state index in [1.807, 2.05) is 0 Å². The number of amides is 2. The summed E-state index contributed by atoms with van der Waals surface area (Å²) in [5.74, 6) is -0.557. The van der Waals surface area contributed by atoms with Gasteiger partial charge in [0, 0.05) is 6.42 Å². The number of hydrogen-bond acceptors (Lipinski definition) is 4. The first-order chi connectivity index (χ1) is 14.2. The van der Waals surface area contributed by atoms with Crippen molar-refractivity contribution < 1.29 is 32.2 Å². The molecule has 0 aromatic heterocycles. The number of rotatable bonds is 5. The van der Waals surface area contributed by atoms with E-state index in [0.717, 1.165) is 0 Å². The minimum atomic E-state index is -4.54. The second-order valence-electron chi connectivity index (χ2n) is 6.52. The van der Waals surface area contributed by atoms with Crippen LogP contribution in [0.2, 0.25) is 5.02 Å². The molecule has 2 aromatic rings. The Kier molecular flexibility index (Phi) is 6.71. The Morgan fingerprint density at radius 2 is 1.83 bits per heavy atom. The van der Waals surface area contributed by atoms with Crippen molar-refractivity contribution in [3.8, 4) is 11.5 Å². The first-order valence-corrected chi connectivity index (χ1v) is 9.42. The average molecular weight is 443 g/mol. The number of benzene rings is 2. The molecule has 30 heavy (non-hydrogen) atoms. The molecule has 0 bridgehead atoms. The van der Waals surface area contributed by atoms with Gasteiger partial charge in [0.25, 0.3) is 5.91 Å². The Bertz CT molecular complexity index is 950.